The lowest BCUT2D eigenvalue weighted by Gasteiger charge is -2.44. The summed E-state index contributed by atoms with van der Waals surface area (Å²) < 4.78 is 5.61. The van der Waals surface area contributed by atoms with Crippen molar-refractivity contribution < 1.29 is 9.53 Å². The van der Waals surface area contributed by atoms with Gasteiger partial charge in [-0.05, 0) is 55.4 Å². The second-order valence-electron chi connectivity index (χ2n) is 7.18. The summed E-state index contributed by atoms with van der Waals surface area (Å²) in [6.07, 6.45) is 8.07. The molecule has 3 heterocycles. The number of aryl methyl sites for hydroxylation is 1. The van der Waals surface area contributed by atoms with E-state index in [-0.39, 0.29) is 18.2 Å². The number of benzene rings is 1. The molecule has 1 aromatic heterocycles. The third-order valence-corrected chi connectivity index (χ3v) is 5.34. The van der Waals surface area contributed by atoms with Crippen LogP contribution in [-0.4, -0.2) is 28.1 Å². The van der Waals surface area contributed by atoms with Gasteiger partial charge in [0.25, 0.3) is 0 Å². The highest BCUT2D eigenvalue weighted by Crippen LogP contribution is 2.37. The number of rotatable bonds is 3. The molecule has 1 fully saturated rings. The topological polar surface area (TPSA) is 42.4 Å². The molecule has 2 aliphatic heterocycles. The van der Waals surface area contributed by atoms with Gasteiger partial charge in [0, 0.05) is 17.9 Å². The molecular formula is C22H24N2O2. The molecule has 2 atom stereocenters. The van der Waals surface area contributed by atoms with Crippen LogP contribution in [0.2, 0.25) is 0 Å². The van der Waals surface area contributed by atoms with Crippen molar-refractivity contribution in [2.75, 3.05) is 0 Å². The van der Waals surface area contributed by atoms with Gasteiger partial charge in [-0.15, -0.1) is 0 Å². The molecule has 0 spiro atoms. The van der Waals surface area contributed by atoms with Crippen LogP contribution >= 0.6 is 0 Å². The van der Waals surface area contributed by atoms with Crippen LogP contribution in [-0.2, 0) is 11.3 Å². The van der Waals surface area contributed by atoms with Crippen molar-refractivity contribution in [3.8, 4) is 0 Å². The van der Waals surface area contributed by atoms with E-state index < -0.39 is 0 Å². The smallest absolute Gasteiger partial charge is 0.410 e. The van der Waals surface area contributed by atoms with Gasteiger partial charge in [-0.2, -0.15) is 0 Å². The van der Waals surface area contributed by atoms with E-state index in [0.717, 1.165) is 36.9 Å². The highest BCUT2D eigenvalue weighted by Gasteiger charge is 2.38. The number of fused-ring (bicyclic) bond motifs is 2. The van der Waals surface area contributed by atoms with Crippen molar-refractivity contribution in [3.05, 3.63) is 71.6 Å². The van der Waals surface area contributed by atoms with E-state index in [9.17, 15) is 4.79 Å². The highest BCUT2D eigenvalue weighted by molar-refractivity contribution is 5.74. The van der Waals surface area contributed by atoms with Gasteiger partial charge >= 0.3 is 6.09 Å². The van der Waals surface area contributed by atoms with E-state index in [1.807, 2.05) is 54.4 Å². The average molecular weight is 348 g/mol. The van der Waals surface area contributed by atoms with E-state index in [2.05, 4.69) is 17.1 Å². The number of aromatic nitrogens is 1. The molecule has 2 aliphatic rings. The number of piperidine rings is 1. The Morgan fingerprint density at radius 3 is 2.77 bits per heavy atom. The molecule has 0 radical (unpaired) electrons. The van der Waals surface area contributed by atoms with Crippen LogP contribution < -0.4 is 0 Å². The molecule has 4 heteroatoms. The quantitative estimate of drug-likeness (QED) is 0.805. The monoisotopic (exact) mass is 348 g/mol. The van der Waals surface area contributed by atoms with Gasteiger partial charge in [0.1, 0.15) is 6.61 Å². The Morgan fingerprint density at radius 2 is 2.04 bits per heavy atom. The second-order valence-corrected chi connectivity index (χ2v) is 7.18. The van der Waals surface area contributed by atoms with E-state index in [4.69, 9.17) is 4.74 Å². The lowest BCUT2D eigenvalue weighted by molar-refractivity contribution is 0.0510. The van der Waals surface area contributed by atoms with Gasteiger partial charge in [-0.1, -0.05) is 42.5 Å². The van der Waals surface area contributed by atoms with E-state index >= 15 is 0 Å². The lowest BCUT2D eigenvalue weighted by Crippen LogP contribution is -2.51. The first-order valence-electron chi connectivity index (χ1n) is 9.33. The van der Waals surface area contributed by atoms with Crippen LogP contribution in [0.5, 0.6) is 0 Å². The average Bonchev–Trinajstić information content (AvgIpc) is 2.66. The van der Waals surface area contributed by atoms with Crippen LogP contribution in [0.4, 0.5) is 4.79 Å². The molecule has 26 heavy (non-hydrogen) atoms. The lowest BCUT2D eigenvalue weighted by atomic mass is 9.83. The predicted molar refractivity (Wildman–Crippen MR) is 101 cm³/mol. The standard InChI is InChI=1S/C22H24N2O2/c1-16-10-11-18(14-23-16)19-12-20-8-5-9-21(13-19)24(20)22(25)26-15-17-6-3-2-4-7-17/h2-4,6-7,10-12,14,20-21H,5,8-9,13,15H2,1H3. The normalized spacial score (nSPS) is 21.9. The van der Waals surface area contributed by atoms with Crippen molar-refractivity contribution in [3.63, 3.8) is 0 Å². The summed E-state index contributed by atoms with van der Waals surface area (Å²) in [7, 11) is 0. The third kappa shape index (κ3) is 3.50. The Bertz CT molecular complexity index is 799. The molecule has 1 amide bonds. The Morgan fingerprint density at radius 1 is 1.19 bits per heavy atom. The number of carbonyl (C=O) groups is 1. The second kappa shape index (κ2) is 7.32. The van der Waals surface area contributed by atoms with Crippen LogP contribution in [0.3, 0.4) is 0 Å². The predicted octanol–water partition coefficient (Wildman–Crippen LogP) is 4.74. The van der Waals surface area contributed by atoms with Gasteiger partial charge in [0.05, 0.1) is 6.04 Å². The molecule has 4 rings (SSSR count). The van der Waals surface area contributed by atoms with Gasteiger partial charge in [-0.3, -0.25) is 9.88 Å². The van der Waals surface area contributed by atoms with Crippen LogP contribution in [0, 0.1) is 6.92 Å². The molecule has 0 N–H and O–H groups in total. The zero-order chi connectivity index (χ0) is 17.9. The van der Waals surface area contributed by atoms with Crippen molar-refractivity contribution in [2.24, 2.45) is 0 Å². The number of amides is 1. The molecule has 134 valence electrons. The van der Waals surface area contributed by atoms with Gasteiger partial charge in [0.2, 0.25) is 0 Å². The fourth-order valence-corrected chi connectivity index (χ4v) is 3.98. The maximum absolute atomic E-state index is 12.7. The Kier molecular flexibility index (Phi) is 4.74. The van der Waals surface area contributed by atoms with Gasteiger partial charge in [0.15, 0.2) is 0 Å². The summed E-state index contributed by atoms with van der Waals surface area (Å²) in [5, 5.41) is 0. The van der Waals surface area contributed by atoms with E-state index in [1.165, 1.54) is 11.1 Å². The van der Waals surface area contributed by atoms with Crippen molar-refractivity contribution in [1.82, 2.24) is 9.88 Å². The van der Waals surface area contributed by atoms with Crippen LogP contribution in [0.15, 0.2) is 54.7 Å². The van der Waals surface area contributed by atoms with Gasteiger partial charge < -0.3 is 4.74 Å². The first-order valence-corrected chi connectivity index (χ1v) is 9.33. The summed E-state index contributed by atoms with van der Waals surface area (Å²) in [4.78, 5) is 19.1. The minimum atomic E-state index is -0.194. The minimum Gasteiger partial charge on any atom is -0.445 e. The number of carbonyl (C=O) groups excluding carboxylic acids is 1. The summed E-state index contributed by atoms with van der Waals surface area (Å²) in [6, 6.07) is 14.4. The maximum atomic E-state index is 12.7. The Hall–Kier alpha value is -2.62. The molecule has 0 aliphatic carbocycles. The molecule has 0 saturated carbocycles. The molecule has 2 unspecified atom stereocenters. The summed E-state index contributed by atoms with van der Waals surface area (Å²) in [5.74, 6) is 0. The largest absolute Gasteiger partial charge is 0.445 e. The van der Waals surface area contributed by atoms with Crippen molar-refractivity contribution >= 4 is 11.7 Å². The third-order valence-electron chi connectivity index (χ3n) is 5.34. The first-order chi connectivity index (χ1) is 12.7. The number of nitrogens with zero attached hydrogens (tertiary/aromatic N) is 2. The SMILES string of the molecule is Cc1ccc(C2=CC3CCCC(C2)N3C(=O)OCc2ccccc2)cn1. The van der Waals surface area contributed by atoms with E-state index in [1.54, 1.807) is 0 Å². The minimum absolute atomic E-state index is 0.127. The van der Waals surface area contributed by atoms with Crippen LogP contribution in [0.25, 0.3) is 5.57 Å². The first kappa shape index (κ1) is 16.8. The summed E-state index contributed by atoms with van der Waals surface area (Å²) in [6.45, 7) is 2.33. The molecule has 1 saturated heterocycles. The zero-order valence-corrected chi connectivity index (χ0v) is 15.1. The number of hydrogen-bond acceptors (Lipinski definition) is 3. The van der Waals surface area contributed by atoms with E-state index in [0.29, 0.717) is 6.61 Å². The summed E-state index contributed by atoms with van der Waals surface area (Å²) in [5.41, 5.74) is 4.52. The highest BCUT2D eigenvalue weighted by atomic mass is 16.6. The summed E-state index contributed by atoms with van der Waals surface area (Å²) >= 11 is 0. The maximum Gasteiger partial charge on any atom is 0.410 e. The molecule has 4 nitrogen and oxygen atoms in total. The van der Waals surface area contributed by atoms with Crippen molar-refractivity contribution in [2.45, 2.75) is 51.3 Å². The fourth-order valence-electron chi connectivity index (χ4n) is 3.98. The number of hydrogen-bond donors (Lipinski definition) is 0. The molecule has 2 aromatic rings. The Labute approximate surface area is 154 Å². The number of pyridine rings is 1. The van der Waals surface area contributed by atoms with Crippen molar-refractivity contribution in [1.29, 1.82) is 0 Å². The number of ether oxygens (including phenoxy) is 1. The Balaban J connectivity index is 1.49. The fraction of sp³-hybridized carbons (Fsp3) is 0.364. The molecule has 2 bridgehead atoms. The van der Waals surface area contributed by atoms with Crippen LogP contribution in [0.1, 0.15) is 42.5 Å². The van der Waals surface area contributed by atoms with Gasteiger partial charge in [-0.25, -0.2) is 4.79 Å². The zero-order valence-electron chi connectivity index (χ0n) is 15.1. The molecule has 1 aromatic carbocycles. The molecular weight excluding hydrogens is 324 g/mol.